The number of carboxylic acids is 1. The van der Waals surface area contributed by atoms with E-state index in [-0.39, 0.29) is 6.04 Å². The Labute approximate surface area is 96.6 Å². The molecule has 0 bridgehead atoms. The molecule has 0 aromatic heterocycles. The Morgan fingerprint density at radius 3 is 2.06 bits per heavy atom. The smallest absolute Gasteiger partial charge is 0.329 e. The molecule has 92 valence electrons. The number of carboxylic acid groups (broad SMARTS) is 1. The highest BCUT2D eigenvalue weighted by Crippen LogP contribution is 2.33. The van der Waals surface area contributed by atoms with Gasteiger partial charge in [-0.05, 0) is 26.7 Å². The predicted octanol–water partition coefficient (Wildman–Crippen LogP) is 2.03. The maximum Gasteiger partial charge on any atom is 0.329 e. The Bertz CT molecular complexity index is 255. The van der Waals surface area contributed by atoms with Gasteiger partial charge in [0.2, 0.25) is 6.41 Å². The Morgan fingerprint density at radius 1 is 1.25 bits per heavy atom. The molecule has 1 N–H and O–H groups in total. The van der Waals surface area contributed by atoms with E-state index in [1.54, 1.807) is 0 Å². The van der Waals surface area contributed by atoms with Crippen molar-refractivity contribution in [1.29, 1.82) is 0 Å². The van der Waals surface area contributed by atoms with Gasteiger partial charge in [-0.3, -0.25) is 4.79 Å². The van der Waals surface area contributed by atoms with Crippen molar-refractivity contribution in [3.8, 4) is 0 Å². The topological polar surface area (TPSA) is 57.6 Å². The van der Waals surface area contributed by atoms with Gasteiger partial charge in [0.05, 0.1) is 0 Å². The van der Waals surface area contributed by atoms with E-state index in [9.17, 15) is 14.7 Å². The van der Waals surface area contributed by atoms with Crippen LogP contribution in [0.5, 0.6) is 0 Å². The average Bonchev–Trinajstić information content (AvgIpc) is 2.45. The Morgan fingerprint density at radius 2 is 1.75 bits per heavy atom. The van der Waals surface area contributed by atoms with Gasteiger partial charge in [0.25, 0.3) is 0 Å². The van der Waals surface area contributed by atoms with Gasteiger partial charge in [-0.15, -0.1) is 0 Å². The number of carbonyl (C=O) groups is 2. The van der Waals surface area contributed by atoms with Crippen molar-refractivity contribution >= 4 is 12.4 Å². The Balaban J connectivity index is 3.01. The quantitative estimate of drug-likeness (QED) is 0.590. The third kappa shape index (κ3) is 2.36. The number of rotatable bonds is 4. The second-order valence-corrected chi connectivity index (χ2v) is 4.86. The number of nitrogens with zero attached hydrogens (tertiary/aromatic N) is 1. The first-order chi connectivity index (χ1) is 7.54. The summed E-state index contributed by atoms with van der Waals surface area (Å²) in [6.45, 7) is 3.73. The largest absolute Gasteiger partial charge is 0.479 e. The van der Waals surface area contributed by atoms with Crippen molar-refractivity contribution in [1.82, 2.24) is 4.90 Å². The van der Waals surface area contributed by atoms with Gasteiger partial charge in [-0.25, -0.2) is 4.79 Å². The molecule has 0 saturated heterocycles. The first-order valence-electron chi connectivity index (χ1n) is 6.02. The lowest BCUT2D eigenvalue weighted by atomic mass is 9.87. The number of hydrogen-bond acceptors (Lipinski definition) is 2. The van der Waals surface area contributed by atoms with Gasteiger partial charge >= 0.3 is 5.97 Å². The highest BCUT2D eigenvalue weighted by Gasteiger charge is 2.44. The van der Waals surface area contributed by atoms with E-state index in [1.807, 2.05) is 13.8 Å². The molecule has 0 heterocycles. The van der Waals surface area contributed by atoms with E-state index in [2.05, 4.69) is 0 Å². The zero-order valence-electron chi connectivity index (χ0n) is 10.1. The van der Waals surface area contributed by atoms with Gasteiger partial charge in [0.15, 0.2) is 0 Å². The number of hydrogen-bond donors (Lipinski definition) is 1. The van der Waals surface area contributed by atoms with E-state index >= 15 is 0 Å². The SMILES string of the molecule is CC(C)N(C=O)C1(C(=O)O)CCCCCC1. The summed E-state index contributed by atoms with van der Waals surface area (Å²) in [6, 6.07) is -0.0632. The molecule has 0 spiro atoms. The zero-order chi connectivity index (χ0) is 12.2. The molecule has 1 saturated carbocycles. The van der Waals surface area contributed by atoms with Crippen LogP contribution in [0.4, 0.5) is 0 Å². The molecule has 0 atom stereocenters. The lowest BCUT2D eigenvalue weighted by molar-refractivity contribution is -0.158. The average molecular weight is 227 g/mol. The van der Waals surface area contributed by atoms with Crippen LogP contribution in [0.3, 0.4) is 0 Å². The molecule has 4 heteroatoms. The predicted molar refractivity (Wildman–Crippen MR) is 61.1 cm³/mol. The van der Waals surface area contributed by atoms with Crippen LogP contribution in [0.25, 0.3) is 0 Å². The molecule has 0 aromatic carbocycles. The van der Waals surface area contributed by atoms with Crippen LogP contribution in [0, 0.1) is 0 Å². The molecule has 4 nitrogen and oxygen atoms in total. The third-order valence-corrected chi connectivity index (χ3v) is 3.49. The molecule has 0 aromatic rings. The summed E-state index contributed by atoms with van der Waals surface area (Å²) in [4.78, 5) is 24.2. The Hall–Kier alpha value is -1.06. The number of carbonyl (C=O) groups excluding carboxylic acids is 1. The summed E-state index contributed by atoms with van der Waals surface area (Å²) in [5, 5.41) is 9.46. The lowest BCUT2D eigenvalue weighted by Gasteiger charge is -2.40. The van der Waals surface area contributed by atoms with Crippen molar-refractivity contribution in [2.75, 3.05) is 0 Å². The maximum atomic E-state index is 11.5. The molecule has 0 unspecified atom stereocenters. The van der Waals surface area contributed by atoms with Gasteiger partial charge < -0.3 is 10.0 Å². The van der Waals surface area contributed by atoms with E-state index < -0.39 is 11.5 Å². The maximum absolute atomic E-state index is 11.5. The van der Waals surface area contributed by atoms with Crippen molar-refractivity contribution < 1.29 is 14.7 Å². The fraction of sp³-hybridized carbons (Fsp3) is 0.833. The van der Waals surface area contributed by atoms with E-state index in [0.717, 1.165) is 25.7 Å². The standard InChI is InChI=1S/C12H21NO3/c1-10(2)13(9-14)12(11(15)16)7-5-3-4-6-8-12/h9-10H,3-8H2,1-2H3,(H,15,16). The highest BCUT2D eigenvalue weighted by atomic mass is 16.4. The van der Waals surface area contributed by atoms with E-state index in [1.165, 1.54) is 4.90 Å². The van der Waals surface area contributed by atoms with E-state index in [4.69, 9.17) is 0 Å². The van der Waals surface area contributed by atoms with Crippen LogP contribution in [0.1, 0.15) is 52.4 Å². The normalized spacial score (nSPS) is 20.2. The van der Waals surface area contributed by atoms with Crippen LogP contribution in [0.15, 0.2) is 0 Å². The summed E-state index contributed by atoms with van der Waals surface area (Å²) in [5.41, 5.74) is -0.966. The molecule has 1 aliphatic carbocycles. The van der Waals surface area contributed by atoms with Crippen LogP contribution >= 0.6 is 0 Å². The van der Waals surface area contributed by atoms with Gasteiger partial charge in [0.1, 0.15) is 5.54 Å². The van der Waals surface area contributed by atoms with Gasteiger partial charge in [-0.1, -0.05) is 25.7 Å². The Kier molecular flexibility index (Phi) is 4.33. The van der Waals surface area contributed by atoms with E-state index in [0.29, 0.717) is 19.3 Å². The second kappa shape index (κ2) is 5.32. The van der Waals surface area contributed by atoms with Crippen LogP contribution in [-0.4, -0.2) is 34.0 Å². The molecule has 1 amide bonds. The van der Waals surface area contributed by atoms with Crippen molar-refractivity contribution in [2.45, 2.75) is 64.0 Å². The van der Waals surface area contributed by atoms with Crippen LogP contribution in [0.2, 0.25) is 0 Å². The fourth-order valence-electron chi connectivity index (χ4n) is 2.61. The minimum Gasteiger partial charge on any atom is -0.479 e. The second-order valence-electron chi connectivity index (χ2n) is 4.86. The van der Waals surface area contributed by atoms with Gasteiger partial charge in [0, 0.05) is 6.04 Å². The molecule has 1 fully saturated rings. The van der Waals surface area contributed by atoms with Crippen molar-refractivity contribution in [3.63, 3.8) is 0 Å². The molecular formula is C12H21NO3. The van der Waals surface area contributed by atoms with Crippen LogP contribution < -0.4 is 0 Å². The summed E-state index contributed by atoms with van der Waals surface area (Å²) < 4.78 is 0. The molecule has 1 aliphatic rings. The number of amides is 1. The summed E-state index contributed by atoms with van der Waals surface area (Å²) in [6.07, 6.45) is 5.79. The monoisotopic (exact) mass is 227 g/mol. The minimum absolute atomic E-state index is 0.0632. The summed E-state index contributed by atoms with van der Waals surface area (Å²) in [7, 11) is 0. The van der Waals surface area contributed by atoms with Crippen LogP contribution in [-0.2, 0) is 9.59 Å². The minimum atomic E-state index is -0.966. The molecule has 0 aliphatic heterocycles. The first kappa shape index (κ1) is 13.0. The molecular weight excluding hydrogens is 206 g/mol. The summed E-state index contributed by atoms with van der Waals surface area (Å²) in [5.74, 6) is -0.852. The first-order valence-corrected chi connectivity index (χ1v) is 6.02. The van der Waals surface area contributed by atoms with Crippen molar-refractivity contribution in [3.05, 3.63) is 0 Å². The highest BCUT2D eigenvalue weighted by molar-refractivity contribution is 5.81. The zero-order valence-corrected chi connectivity index (χ0v) is 10.1. The molecule has 0 radical (unpaired) electrons. The number of aliphatic carboxylic acids is 1. The lowest BCUT2D eigenvalue weighted by Crippen LogP contribution is -2.56. The fourth-order valence-corrected chi connectivity index (χ4v) is 2.61. The molecule has 16 heavy (non-hydrogen) atoms. The van der Waals surface area contributed by atoms with Gasteiger partial charge in [-0.2, -0.15) is 0 Å². The summed E-state index contributed by atoms with van der Waals surface area (Å²) >= 11 is 0. The molecule has 1 rings (SSSR count). The van der Waals surface area contributed by atoms with Crippen molar-refractivity contribution in [2.24, 2.45) is 0 Å². The third-order valence-electron chi connectivity index (χ3n) is 3.49.